The van der Waals surface area contributed by atoms with E-state index in [1.807, 2.05) is 32.9 Å². The van der Waals surface area contributed by atoms with Crippen molar-refractivity contribution in [3.05, 3.63) is 29.8 Å². The minimum atomic E-state index is -0.733. The van der Waals surface area contributed by atoms with Crippen LogP contribution in [0, 0.1) is 0 Å². The Hall–Kier alpha value is -1.59. The lowest BCUT2D eigenvalue weighted by Gasteiger charge is -2.37. The number of benzene rings is 1. The van der Waals surface area contributed by atoms with Crippen LogP contribution in [0.4, 0.5) is 0 Å². The van der Waals surface area contributed by atoms with Crippen molar-refractivity contribution < 1.29 is 14.6 Å². The number of hydrogen-bond donors (Lipinski definition) is 1. The minimum Gasteiger partial charge on any atom is -0.491 e. The summed E-state index contributed by atoms with van der Waals surface area (Å²) in [5.74, 6) is 0.183. The van der Waals surface area contributed by atoms with Crippen molar-refractivity contribution >= 4 is 5.97 Å². The highest BCUT2D eigenvalue weighted by atomic mass is 16.5. The largest absolute Gasteiger partial charge is 0.491 e. The van der Waals surface area contributed by atoms with E-state index in [1.54, 1.807) is 0 Å². The highest BCUT2D eigenvalue weighted by Crippen LogP contribution is 2.20. The third-order valence-electron chi connectivity index (χ3n) is 4.52. The molecule has 1 aromatic carbocycles. The van der Waals surface area contributed by atoms with Gasteiger partial charge < -0.3 is 9.84 Å². The van der Waals surface area contributed by atoms with Gasteiger partial charge in [-0.15, -0.1) is 0 Å². The Morgan fingerprint density at radius 2 is 1.92 bits per heavy atom. The number of ether oxygens (including phenoxy) is 1. The number of carboxylic acid groups (broad SMARTS) is 1. The Labute approximate surface area is 145 Å². The van der Waals surface area contributed by atoms with Crippen molar-refractivity contribution in [3.8, 4) is 5.75 Å². The molecule has 1 N–H and O–H groups in total. The summed E-state index contributed by atoms with van der Waals surface area (Å²) < 4.78 is 5.68. The number of carboxylic acids is 1. The molecule has 0 aliphatic carbocycles. The lowest BCUT2D eigenvalue weighted by molar-refractivity contribution is -0.139. The van der Waals surface area contributed by atoms with Crippen LogP contribution in [0.1, 0.15) is 39.2 Å². The smallest absolute Gasteiger partial charge is 0.317 e. The molecule has 1 saturated heterocycles. The summed E-state index contributed by atoms with van der Waals surface area (Å²) in [5.41, 5.74) is 1.29. The van der Waals surface area contributed by atoms with Crippen LogP contribution in [0.3, 0.4) is 0 Å². The zero-order chi connectivity index (χ0) is 17.5. The molecular weight excluding hydrogens is 304 g/mol. The number of rotatable bonds is 8. The topological polar surface area (TPSA) is 53.0 Å². The maximum absolute atomic E-state index is 10.9. The van der Waals surface area contributed by atoms with Gasteiger partial charge in [0.2, 0.25) is 0 Å². The Morgan fingerprint density at radius 3 is 2.42 bits per heavy atom. The fourth-order valence-corrected chi connectivity index (χ4v) is 3.32. The van der Waals surface area contributed by atoms with E-state index in [2.05, 4.69) is 21.9 Å². The molecule has 1 aliphatic rings. The monoisotopic (exact) mass is 334 g/mol. The molecule has 1 fully saturated rings. The molecule has 0 spiro atoms. The van der Waals surface area contributed by atoms with E-state index in [0.29, 0.717) is 6.04 Å². The molecule has 1 aromatic rings. The second kappa shape index (κ2) is 9.04. The normalized spacial score (nSPS) is 16.7. The first-order chi connectivity index (χ1) is 11.5. The van der Waals surface area contributed by atoms with Gasteiger partial charge in [-0.1, -0.05) is 19.1 Å². The van der Waals surface area contributed by atoms with Crippen LogP contribution in [-0.2, 0) is 11.3 Å². The maximum Gasteiger partial charge on any atom is 0.317 e. The molecule has 0 saturated carbocycles. The fourth-order valence-electron chi connectivity index (χ4n) is 3.32. The molecule has 5 nitrogen and oxygen atoms in total. The molecule has 1 heterocycles. The molecule has 0 amide bonds. The van der Waals surface area contributed by atoms with Gasteiger partial charge in [-0.3, -0.25) is 14.6 Å². The first kappa shape index (κ1) is 18.7. The number of aliphatic carboxylic acids is 1. The standard InChI is InChI=1S/C19H30N2O3/c1-4-21(14-19(22)23)17-9-11-20(12-10-17)13-16-5-7-18(8-6-16)24-15(2)3/h5-8,15,17H,4,9-14H2,1-3H3,(H,22,23). The van der Waals surface area contributed by atoms with E-state index in [9.17, 15) is 4.79 Å². The van der Waals surface area contributed by atoms with E-state index >= 15 is 0 Å². The number of carbonyl (C=O) groups is 1. The highest BCUT2D eigenvalue weighted by molar-refractivity contribution is 5.69. The van der Waals surface area contributed by atoms with E-state index in [1.165, 1.54) is 5.56 Å². The lowest BCUT2D eigenvalue weighted by Crippen LogP contribution is -2.46. The molecular formula is C19H30N2O3. The Morgan fingerprint density at radius 1 is 1.29 bits per heavy atom. The van der Waals surface area contributed by atoms with E-state index in [-0.39, 0.29) is 12.6 Å². The molecule has 0 radical (unpaired) electrons. The van der Waals surface area contributed by atoms with E-state index in [0.717, 1.165) is 44.8 Å². The van der Waals surface area contributed by atoms with Crippen LogP contribution < -0.4 is 4.74 Å². The number of likely N-dealkylation sites (tertiary alicyclic amines) is 1. The molecule has 0 aromatic heterocycles. The van der Waals surface area contributed by atoms with Gasteiger partial charge in [0.1, 0.15) is 5.75 Å². The molecule has 1 aliphatic heterocycles. The summed E-state index contributed by atoms with van der Waals surface area (Å²) in [5, 5.41) is 9.01. The summed E-state index contributed by atoms with van der Waals surface area (Å²) >= 11 is 0. The van der Waals surface area contributed by atoms with Crippen LogP contribution in [0.5, 0.6) is 5.75 Å². The Bertz CT molecular complexity index is 508. The second-order valence-electron chi connectivity index (χ2n) is 6.77. The zero-order valence-electron chi connectivity index (χ0n) is 15.1. The van der Waals surface area contributed by atoms with Gasteiger partial charge >= 0.3 is 5.97 Å². The van der Waals surface area contributed by atoms with Crippen LogP contribution in [-0.4, -0.2) is 59.2 Å². The quantitative estimate of drug-likeness (QED) is 0.792. The van der Waals surface area contributed by atoms with Crippen molar-refractivity contribution in [2.75, 3.05) is 26.2 Å². The molecule has 0 atom stereocenters. The summed E-state index contributed by atoms with van der Waals surface area (Å²) in [4.78, 5) is 15.5. The fraction of sp³-hybridized carbons (Fsp3) is 0.632. The average molecular weight is 334 g/mol. The number of hydrogen-bond acceptors (Lipinski definition) is 4. The van der Waals surface area contributed by atoms with Crippen molar-refractivity contribution in [2.45, 2.75) is 52.3 Å². The van der Waals surface area contributed by atoms with Crippen molar-refractivity contribution in [1.82, 2.24) is 9.80 Å². The van der Waals surface area contributed by atoms with Crippen LogP contribution >= 0.6 is 0 Å². The van der Waals surface area contributed by atoms with Gasteiger partial charge in [-0.2, -0.15) is 0 Å². The first-order valence-corrected chi connectivity index (χ1v) is 8.91. The molecule has 2 rings (SSSR count). The maximum atomic E-state index is 10.9. The van der Waals surface area contributed by atoms with E-state index in [4.69, 9.17) is 9.84 Å². The summed E-state index contributed by atoms with van der Waals surface area (Å²) in [7, 11) is 0. The number of likely N-dealkylation sites (N-methyl/N-ethyl adjacent to an activating group) is 1. The van der Waals surface area contributed by atoms with Crippen LogP contribution in [0.2, 0.25) is 0 Å². The van der Waals surface area contributed by atoms with Crippen LogP contribution in [0.15, 0.2) is 24.3 Å². The molecule has 24 heavy (non-hydrogen) atoms. The van der Waals surface area contributed by atoms with Crippen molar-refractivity contribution in [1.29, 1.82) is 0 Å². The Kier molecular flexibility index (Phi) is 7.06. The van der Waals surface area contributed by atoms with Crippen LogP contribution in [0.25, 0.3) is 0 Å². The van der Waals surface area contributed by atoms with Gasteiger partial charge in [-0.05, 0) is 64.0 Å². The molecule has 5 heteroatoms. The van der Waals surface area contributed by atoms with Gasteiger partial charge in [0, 0.05) is 12.6 Å². The SMILES string of the molecule is CCN(CC(=O)O)C1CCN(Cc2ccc(OC(C)C)cc2)CC1. The summed E-state index contributed by atoms with van der Waals surface area (Å²) in [6, 6.07) is 8.73. The van der Waals surface area contributed by atoms with Gasteiger partial charge in [-0.25, -0.2) is 0 Å². The predicted octanol–water partition coefficient (Wildman–Crippen LogP) is 2.84. The predicted molar refractivity (Wildman–Crippen MR) is 95.4 cm³/mol. The van der Waals surface area contributed by atoms with E-state index < -0.39 is 5.97 Å². The zero-order valence-corrected chi connectivity index (χ0v) is 15.1. The Balaban J connectivity index is 1.81. The summed E-state index contributed by atoms with van der Waals surface area (Å²) in [6.07, 6.45) is 2.27. The van der Waals surface area contributed by atoms with Crippen molar-refractivity contribution in [3.63, 3.8) is 0 Å². The number of piperidine rings is 1. The average Bonchev–Trinajstić information content (AvgIpc) is 2.54. The minimum absolute atomic E-state index is 0.151. The highest BCUT2D eigenvalue weighted by Gasteiger charge is 2.24. The molecule has 0 bridgehead atoms. The second-order valence-corrected chi connectivity index (χ2v) is 6.77. The molecule has 0 unspecified atom stereocenters. The lowest BCUT2D eigenvalue weighted by atomic mass is 10.0. The van der Waals surface area contributed by atoms with Gasteiger partial charge in [0.05, 0.1) is 12.6 Å². The molecule has 134 valence electrons. The third-order valence-corrected chi connectivity index (χ3v) is 4.52. The number of nitrogens with zero attached hydrogens (tertiary/aromatic N) is 2. The van der Waals surface area contributed by atoms with Gasteiger partial charge in [0.15, 0.2) is 0 Å². The van der Waals surface area contributed by atoms with Gasteiger partial charge in [0.25, 0.3) is 0 Å². The van der Waals surface area contributed by atoms with Crippen molar-refractivity contribution in [2.24, 2.45) is 0 Å². The third kappa shape index (κ3) is 5.80. The summed E-state index contributed by atoms with van der Waals surface area (Å²) in [6.45, 7) is 10.0. The first-order valence-electron chi connectivity index (χ1n) is 8.91.